The highest BCUT2D eigenvalue weighted by molar-refractivity contribution is 8.01. The maximum absolute atomic E-state index is 4.31. The molecule has 1 saturated carbocycles. The largest absolute Gasteiger partial charge is 0.353 e. The number of nitrogens with zero attached hydrogens (tertiary/aromatic N) is 3. The summed E-state index contributed by atoms with van der Waals surface area (Å²) >= 11 is 3.62. The highest BCUT2D eigenvalue weighted by Gasteiger charge is 2.26. The molecule has 1 aliphatic rings. The first-order valence-corrected chi connectivity index (χ1v) is 8.81. The summed E-state index contributed by atoms with van der Waals surface area (Å²) in [6.07, 6.45) is 6.51. The van der Waals surface area contributed by atoms with E-state index >= 15 is 0 Å². The first-order valence-electron chi connectivity index (χ1n) is 7.11. The molecule has 0 amide bonds. The zero-order valence-electron chi connectivity index (χ0n) is 12.1. The number of hydrogen-bond donors (Lipinski definition) is 1. The van der Waals surface area contributed by atoms with Crippen LogP contribution in [-0.2, 0) is 0 Å². The second kappa shape index (κ2) is 7.45. The second-order valence-corrected chi connectivity index (χ2v) is 7.69. The average Bonchev–Trinajstić information content (AvgIpc) is 2.86. The Morgan fingerprint density at radius 2 is 2.11 bits per heavy atom. The normalized spacial score (nSPS) is 23.5. The van der Waals surface area contributed by atoms with E-state index in [-0.39, 0.29) is 0 Å². The van der Waals surface area contributed by atoms with Gasteiger partial charge < -0.3 is 10.2 Å². The molecule has 108 valence electrons. The van der Waals surface area contributed by atoms with Crippen molar-refractivity contribution in [3.8, 4) is 0 Å². The molecule has 0 aromatic carbocycles. The highest BCUT2D eigenvalue weighted by Crippen LogP contribution is 2.36. The van der Waals surface area contributed by atoms with Crippen molar-refractivity contribution < 1.29 is 0 Å². The van der Waals surface area contributed by atoms with Gasteiger partial charge in [0.2, 0.25) is 5.13 Å². The van der Waals surface area contributed by atoms with E-state index in [0.29, 0.717) is 11.3 Å². The number of hydrogen-bond acceptors (Lipinski definition) is 6. The second-order valence-electron chi connectivity index (χ2n) is 5.25. The van der Waals surface area contributed by atoms with Crippen LogP contribution in [0.25, 0.3) is 0 Å². The third-order valence-corrected chi connectivity index (χ3v) is 5.96. The topological polar surface area (TPSA) is 41.1 Å². The summed E-state index contributed by atoms with van der Waals surface area (Å²) in [7, 11) is 4.03. The molecule has 1 aliphatic carbocycles. The van der Waals surface area contributed by atoms with Gasteiger partial charge in [0, 0.05) is 25.4 Å². The van der Waals surface area contributed by atoms with Crippen molar-refractivity contribution in [2.75, 3.05) is 25.5 Å². The van der Waals surface area contributed by atoms with Crippen molar-refractivity contribution in [3.05, 3.63) is 0 Å². The van der Waals surface area contributed by atoms with Crippen molar-refractivity contribution in [1.29, 1.82) is 0 Å². The van der Waals surface area contributed by atoms with Crippen LogP contribution in [0.2, 0.25) is 0 Å². The quantitative estimate of drug-likeness (QED) is 0.874. The van der Waals surface area contributed by atoms with E-state index in [1.807, 2.05) is 30.8 Å². The molecule has 1 aromatic heterocycles. The molecule has 6 heteroatoms. The standard InChI is InChI=1S/C13H24N4S2/c1-4-9-14-10-7-5-6-8-11(10)18-13-16-15-12(19-13)17(2)3/h10-11,14H,4-9H2,1-3H3. The molecule has 0 saturated heterocycles. The Bertz CT molecular complexity index is 380. The summed E-state index contributed by atoms with van der Waals surface area (Å²) in [5.74, 6) is 0. The van der Waals surface area contributed by atoms with Gasteiger partial charge in [-0.05, 0) is 25.8 Å². The molecule has 1 aromatic rings. The predicted molar refractivity (Wildman–Crippen MR) is 84.4 cm³/mol. The Balaban J connectivity index is 1.94. The Morgan fingerprint density at radius 1 is 1.32 bits per heavy atom. The molecular formula is C13H24N4S2. The number of anilines is 1. The van der Waals surface area contributed by atoms with Crippen molar-refractivity contribution in [2.45, 2.75) is 54.7 Å². The number of aromatic nitrogens is 2. The lowest BCUT2D eigenvalue weighted by molar-refractivity contribution is 0.384. The monoisotopic (exact) mass is 300 g/mol. The number of rotatable bonds is 6. The fourth-order valence-electron chi connectivity index (χ4n) is 2.36. The Kier molecular flexibility index (Phi) is 5.91. The minimum absolute atomic E-state index is 0.644. The van der Waals surface area contributed by atoms with E-state index in [1.54, 1.807) is 11.3 Å². The van der Waals surface area contributed by atoms with E-state index in [9.17, 15) is 0 Å². The van der Waals surface area contributed by atoms with Crippen LogP contribution >= 0.6 is 23.1 Å². The molecule has 1 heterocycles. The first kappa shape index (κ1) is 15.1. The molecule has 19 heavy (non-hydrogen) atoms. The van der Waals surface area contributed by atoms with Gasteiger partial charge in [0.15, 0.2) is 4.34 Å². The number of nitrogens with one attached hydrogen (secondary N) is 1. The van der Waals surface area contributed by atoms with Gasteiger partial charge in [-0.3, -0.25) is 0 Å². The van der Waals surface area contributed by atoms with Crippen LogP contribution in [0.15, 0.2) is 4.34 Å². The Morgan fingerprint density at radius 3 is 2.79 bits per heavy atom. The molecule has 2 rings (SSSR count). The van der Waals surface area contributed by atoms with Gasteiger partial charge in [-0.1, -0.05) is 42.9 Å². The minimum atomic E-state index is 0.644. The van der Waals surface area contributed by atoms with Gasteiger partial charge >= 0.3 is 0 Å². The van der Waals surface area contributed by atoms with Gasteiger partial charge in [-0.15, -0.1) is 10.2 Å². The lowest BCUT2D eigenvalue weighted by Gasteiger charge is -2.31. The summed E-state index contributed by atoms with van der Waals surface area (Å²) in [4.78, 5) is 2.02. The van der Waals surface area contributed by atoms with Crippen LogP contribution in [0.4, 0.5) is 5.13 Å². The third-order valence-electron chi connectivity index (χ3n) is 3.39. The summed E-state index contributed by atoms with van der Waals surface area (Å²) in [5.41, 5.74) is 0. The van der Waals surface area contributed by atoms with Crippen molar-refractivity contribution in [2.24, 2.45) is 0 Å². The lowest BCUT2D eigenvalue weighted by Crippen LogP contribution is -2.40. The van der Waals surface area contributed by atoms with E-state index in [2.05, 4.69) is 22.4 Å². The molecule has 0 bridgehead atoms. The Labute approximate surface area is 124 Å². The van der Waals surface area contributed by atoms with Crippen LogP contribution in [0, 0.1) is 0 Å². The molecule has 0 radical (unpaired) electrons. The van der Waals surface area contributed by atoms with Gasteiger partial charge in [-0.2, -0.15) is 0 Å². The maximum atomic E-state index is 4.31. The van der Waals surface area contributed by atoms with Crippen molar-refractivity contribution in [3.63, 3.8) is 0 Å². The zero-order valence-corrected chi connectivity index (χ0v) is 13.7. The highest BCUT2D eigenvalue weighted by atomic mass is 32.2. The van der Waals surface area contributed by atoms with E-state index in [0.717, 1.165) is 16.0 Å². The van der Waals surface area contributed by atoms with E-state index < -0.39 is 0 Å². The van der Waals surface area contributed by atoms with Gasteiger partial charge in [0.1, 0.15) is 0 Å². The van der Waals surface area contributed by atoms with Gasteiger partial charge in [0.05, 0.1) is 0 Å². The SMILES string of the molecule is CCCNC1CCCCC1Sc1nnc(N(C)C)s1. The van der Waals surface area contributed by atoms with Gasteiger partial charge in [-0.25, -0.2) is 0 Å². The van der Waals surface area contributed by atoms with Crippen LogP contribution in [0.1, 0.15) is 39.0 Å². The predicted octanol–water partition coefficient (Wildman–Crippen LogP) is 3.01. The molecule has 0 spiro atoms. The summed E-state index contributed by atoms with van der Waals surface area (Å²) in [6, 6.07) is 0.644. The van der Waals surface area contributed by atoms with Crippen LogP contribution in [0.3, 0.4) is 0 Å². The van der Waals surface area contributed by atoms with Crippen molar-refractivity contribution in [1.82, 2.24) is 15.5 Å². The van der Waals surface area contributed by atoms with Crippen LogP contribution in [0.5, 0.6) is 0 Å². The molecule has 2 unspecified atom stereocenters. The summed E-state index contributed by atoms with van der Waals surface area (Å²) in [6.45, 7) is 3.35. The molecule has 0 aliphatic heterocycles. The lowest BCUT2D eigenvalue weighted by atomic mass is 9.95. The number of thioether (sulfide) groups is 1. The molecular weight excluding hydrogens is 276 g/mol. The molecule has 1 N–H and O–H groups in total. The van der Waals surface area contributed by atoms with E-state index in [1.165, 1.54) is 32.1 Å². The third kappa shape index (κ3) is 4.33. The average molecular weight is 300 g/mol. The Hall–Kier alpha value is -0.330. The summed E-state index contributed by atoms with van der Waals surface area (Å²) < 4.78 is 1.11. The van der Waals surface area contributed by atoms with Gasteiger partial charge in [0.25, 0.3) is 0 Å². The first-order chi connectivity index (χ1) is 9.20. The summed E-state index contributed by atoms with van der Waals surface area (Å²) in [5, 5.41) is 13.9. The minimum Gasteiger partial charge on any atom is -0.353 e. The molecule has 2 atom stereocenters. The molecule has 1 fully saturated rings. The van der Waals surface area contributed by atoms with Crippen LogP contribution < -0.4 is 10.2 Å². The zero-order chi connectivity index (χ0) is 13.7. The smallest absolute Gasteiger partial charge is 0.208 e. The maximum Gasteiger partial charge on any atom is 0.208 e. The van der Waals surface area contributed by atoms with Crippen molar-refractivity contribution >= 4 is 28.2 Å². The van der Waals surface area contributed by atoms with Crippen LogP contribution in [-0.4, -0.2) is 42.1 Å². The fraction of sp³-hybridized carbons (Fsp3) is 0.846. The van der Waals surface area contributed by atoms with E-state index in [4.69, 9.17) is 0 Å². The molecule has 4 nitrogen and oxygen atoms in total. The fourth-order valence-corrected chi connectivity index (χ4v) is 4.68.